The number of aryl methyl sites for hydroxylation is 1. The summed E-state index contributed by atoms with van der Waals surface area (Å²) in [5.41, 5.74) is 1.20. The van der Waals surface area contributed by atoms with E-state index in [2.05, 4.69) is 29.2 Å². The Morgan fingerprint density at radius 3 is 2.87 bits per heavy atom. The van der Waals surface area contributed by atoms with E-state index in [1.807, 2.05) is 0 Å². The highest BCUT2D eigenvalue weighted by Crippen LogP contribution is 2.32. The summed E-state index contributed by atoms with van der Waals surface area (Å²) in [5.74, 6) is 0.803. The van der Waals surface area contributed by atoms with E-state index in [-0.39, 0.29) is 0 Å². The zero-order valence-corrected chi connectivity index (χ0v) is 10.8. The van der Waals surface area contributed by atoms with Crippen molar-refractivity contribution in [1.82, 2.24) is 9.88 Å². The van der Waals surface area contributed by atoms with Gasteiger partial charge in [0.25, 0.3) is 0 Å². The number of halogens is 1. The van der Waals surface area contributed by atoms with Gasteiger partial charge in [-0.05, 0) is 32.7 Å². The molecule has 0 atom stereocenters. The van der Waals surface area contributed by atoms with Crippen LogP contribution in [-0.4, -0.2) is 28.9 Å². The Kier molecular flexibility index (Phi) is 3.65. The van der Waals surface area contributed by atoms with E-state index >= 15 is 0 Å². The zero-order chi connectivity index (χ0) is 10.8. The molecule has 1 aliphatic carbocycles. The number of rotatable bonds is 4. The van der Waals surface area contributed by atoms with Gasteiger partial charge in [0.05, 0.1) is 10.7 Å². The first-order valence-corrected chi connectivity index (χ1v) is 6.68. The Morgan fingerprint density at radius 1 is 1.60 bits per heavy atom. The van der Waals surface area contributed by atoms with E-state index in [1.54, 1.807) is 11.3 Å². The molecule has 0 aromatic carbocycles. The minimum absolute atomic E-state index is 0.435. The number of alkyl halides is 1. The van der Waals surface area contributed by atoms with Gasteiger partial charge in [-0.2, -0.15) is 0 Å². The van der Waals surface area contributed by atoms with Crippen LogP contribution in [0.3, 0.4) is 0 Å². The van der Waals surface area contributed by atoms with Gasteiger partial charge in [0.15, 0.2) is 0 Å². The highest BCUT2D eigenvalue weighted by atomic mass is 35.5. The van der Waals surface area contributed by atoms with Gasteiger partial charge < -0.3 is 4.90 Å². The Morgan fingerprint density at radius 2 is 2.33 bits per heavy atom. The molecule has 0 bridgehead atoms. The Bertz CT molecular complexity index is 320. The molecule has 1 saturated carbocycles. The summed E-state index contributed by atoms with van der Waals surface area (Å²) in [6.07, 6.45) is 2.37. The molecule has 0 spiro atoms. The first-order valence-electron chi connectivity index (χ1n) is 5.37. The van der Waals surface area contributed by atoms with Gasteiger partial charge in [-0.25, -0.2) is 4.98 Å². The monoisotopic (exact) mass is 244 g/mol. The van der Waals surface area contributed by atoms with Crippen LogP contribution in [0.4, 0.5) is 0 Å². The molecule has 1 aromatic heterocycles. The fourth-order valence-electron chi connectivity index (χ4n) is 2.07. The van der Waals surface area contributed by atoms with Crippen LogP contribution in [0.25, 0.3) is 0 Å². The summed E-state index contributed by atoms with van der Waals surface area (Å²) in [7, 11) is 2.16. The standard InChI is InChI=1S/C11H17ClN2S/c1-8-13-11(7-15-8)6-14(2)5-9-3-10(12)4-9/h7,9-10H,3-6H2,1-2H3. The van der Waals surface area contributed by atoms with Crippen LogP contribution in [0.2, 0.25) is 0 Å². The molecule has 0 saturated heterocycles. The molecule has 2 rings (SSSR count). The molecule has 0 aliphatic heterocycles. The van der Waals surface area contributed by atoms with Crippen molar-refractivity contribution < 1.29 is 0 Å². The molecule has 0 unspecified atom stereocenters. The smallest absolute Gasteiger partial charge is 0.0897 e. The highest BCUT2D eigenvalue weighted by molar-refractivity contribution is 7.09. The van der Waals surface area contributed by atoms with Crippen LogP contribution in [0, 0.1) is 12.8 Å². The minimum Gasteiger partial charge on any atom is -0.300 e. The molecule has 2 nitrogen and oxygen atoms in total. The number of aromatic nitrogens is 1. The lowest BCUT2D eigenvalue weighted by atomic mass is 9.84. The van der Waals surface area contributed by atoms with E-state index < -0.39 is 0 Å². The Labute approximate surface area is 100 Å². The number of thiazole rings is 1. The largest absolute Gasteiger partial charge is 0.300 e. The molecule has 1 fully saturated rings. The molecule has 4 heteroatoms. The second kappa shape index (κ2) is 4.81. The number of hydrogen-bond donors (Lipinski definition) is 0. The van der Waals surface area contributed by atoms with E-state index in [4.69, 9.17) is 11.6 Å². The van der Waals surface area contributed by atoms with Crippen molar-refractivity contribution in [1.29, 1.82) is 0 Å². The third-order valence-corrected chi connectivity index (χ3v) is 4.03. The molecule has 0 amide bonds. The Hall–Kier alpha value is -0.120. The van der Waals surface area contributed by atoms with Crippen molar-refractivity contribution in [2.75, 3.05) is 13.6 Å². The van der Waals surface area contributed by atoms with Crippen LogP contribution in [0.15, 0.2) is 5.38 Å². The van der Waals surface area contributed by atoms with Crippen molar-refractivity contribution in [2.24, 2.45) is 5.92 Å². The average molecular weight is 245 g/mol. The van der Waals surface area contributed by atoms with Gasteiger partial charge in [0.1, 0.15) is 0 Å². The highest BCUT2D eigenvalue weighted by Gasteiger charge is 2.27. The van der Waals surface area contributed by atoms with Crippen molar-refractivity contribution >= 4 is 22.9 Å². The van der Waals surface area contributed by atoms with Crippen molar-refractivity contribution in [3.8, 4) is 0 Å². The normalized spacial score (nSPS) is 25.6. The maximum absolute atomic E-state index is 5.96. The van der Waals surface area contributed by atoms with E-state index in [1.165, 1.54) is 18.5 Å². The summed E-state index contributed by atoms with van der Waals surface area (Å²) in [6.45, 7) is 4.17. The van der Waals surface area contributed by atoms with Crippen molar-refractivity contribution in [2.45, 2.75) is 31.7 Å². The Balaban J connectivity index is 1.75. The van der Waals surface area contributed by atoms with Gasteiger partial charge in [-0.1, -0.05) is 0 Å². The summed E-state index contributed by atoms with van der Waals surface area (Å²) < 4.78 is 0. The van der Waals surface area contributed by atoms with Crippen LogP contribution in [0.1, 0.15) is 23.5 Å². The lowest BCUT2D eigenvalue weighted by Gasteiger charge is -2.33. The van der Waals surface area contributed by atoms with Crippen molar-refractivity contribution in [3.63, 3.8) is 0 Å². The lowest BCUT2D eigenvalue weighted by Crippen LogP contribution is -2.34. The topological polar surface area (TPSA) is 16.1 Å². The van der Waals surface area contributed by atoms with E-state index in [0.29, 0.717) is 5.38 Å². The lowest BCUT2D eigenvalue weighted by molar-refractivity contribution is 0.203. The first-order chi connectivity index (χ1) is 7.13. The van der Waals surface area contributed by atoms with E-state index in [0.717, 1.165) is 24.0 Å². The van der Waals surface area contributed by atoms with Crippen LogP contribution >= 0.6 is 22.9 Å². The molecule has 1 aliphatic rings. The summed E-state index contributed by atoms with van der Waals surface area (Å²) in [6, 6.07) is 0. The van der Waals surface area contributed by atoms with Gasteiger partial charge in [-0.3, -0.25) is 0 Å². The molecule has 0 N–H and O–H groups in total. The first kappa shape index (κ1) is 11.4. The maximum Gasteiger partial charge on any atom is 0.0897 e. The van der Waals surface area contributed by atoms with Gasteiger partial charge in [0.2, 0.25) is 0 Å². The minimum atomic E-state index is 0.435. The fourth-order valence-corrected chi connectivity index (χ4v) is 3.17. The number of nitrogens with zero attached hydrogens (tertiary/aromatic N) is 2. The maximum atomic E-state index is 5.96. The van der Waals surface area contributed by atoms with Gasteiger partial charge in [0, 0.05) is 23.8 Å². The average Bonchev–Trinajstić information content (AvgIpc) is 2.48. The number of hydrogen-bond acceptors (Lipinski definition) is 3. The predicted molar refractivity (Wildman–Crippen MR) is 65.6 cm³/mol. The molecule has 84 valence electrons. The third kappa shape index (κ3) is 3.16. The molecule has 1 heterocycles. The second-order valence-electron chi connectivity index (χ2n) is 4.49. The summed E-state index contributed by atoms with van der Waals surface area (Å²) in [4.78, 5) is 6.82. The van der Waals surface area contributed by atoms with Gasteiger partial charge in [-0.15, -0.1) is 22.9 Å². The second-order valence-corrected chi connectivity index (χ2v) is 6.17. The fraction of sp³-hybridized carbons (Fsp3) is 0.727. The quantitative estimate of drug-likeness (QED) is 0.758. The van der Waals surface area contributed by atoms with Crippen molar-refractivity contribution in [3.05, 3.63) is 16.1 Å². The SMILES string of the molecule is Cc1nc(CN(C)CC2CC(Cl)C2)cs1. The molecule has 0 radical (unpaired) electrons. The third-order valence-electron chi connectivity index (χ3n) is 2.85. The molecule has 15 heavy (non-hydrogen) atoms. The summed E-state index contributed by atoms with van der Waals surface area (Å²) >= 11 is 7.69. The summed E-state index contributed by atoms with van der Waals surface area (Å²) in [5, 5.41) is 3.74. The zero-order valence-electron chi connectivity index (χ0n) is 9.24. The van der Waals surface area contributed by atoms with Crippen LogP contribution in [-0.2, 0) is 6.54 Å². The predicted octanol–water partition coefficient (Wildman–Crippen LogP) is 2.90. The molecular formula is C11H17ClN2S. The molecule has 1 aromatic rings. The van der Waals surface area contributed by atoms with Crippen LogP contribution < -0.4 is 0 Å². The van der Waals surface area contributed by atoms with Crippen LogP contribution in [0.5, 0.6) is 0 Å². The van der Waals surface area contributed by atoms with Gasteiger partial charge >= 0.3 is 0 Å². The molecular weight excluding hydrogens is 228 g/mol. The van der Waals surface area contributed by atoms with E-state index in [9.17, 15) is 0 Å².